The van der Waals surface area contributed by atoms with E-state index in [-0.39, 0.29) is 17.4 Å². The lowest BCUT2D eigenvalue weighted by Crippen LogP contribution is -2.31. The number of benzene rings is 2. The highest BCUT2D eigenvalue weighted by molar-refractivity contribution is 6.05. The van der Waals surface area contributed by atoms with E-state index in [0.717, 1.165) is 25.9 Å². The Kier molecular flexibility index (Phi) is 5.86. The van der Waals surface area contributed by atoms with Gasteiger partial charge in [0.2, 0.25) is 0 Å². The van der Waals surface area contributed by atoms with Crippen molar-refractivity contribution in [2.45, 2.75) is 25.7 Å². The standard InChI is InChI=1S/C21H22N2O4/c24-19(15-5-7-17(8-6-15)21(26)27)22-18-11-9-16(10-12-18)20(25)23-13-3-1-2-4-14-23/h5-12H,1-4,13-14H2,(H,22,24)(H,26,27). The number of amides is 2. The monoisotopic (exact) mass is 366 g/mol. The van der Waals surface area contributed by atoms with Gasteiger partial charge in [-0.1, -0.05) is 12.8 Å². The summed E-state index contributed by atoms with van der Waals surface area (Å²) in [5, 5.41) is 11.6. The predicted molar refractivity (Wildman–Crippen MR) is 102 cm³/mol. The van der Waals surface area contributed by atoms with Crippen molar-refractivity contribution in [2.75, 3.05) is 18.4 Å². The van der Waals surface area contributed by atoms with Crippen molar-refractivity contribution >= 4 is 23.5 Å². The summed E-state index contributed by atoms with van der Waals surface area (Å²) in [6.45, 7) is 1.59. The first kappa shape index (κ1) is 18.6. The third kappa shape index (κ3) is 4.73. The number of carbonyl (C=O) groups excluding carboxylic acids is 2. The van der Waals surface area contributed by atoms with Crippen molar-refractivity contribution in [2.24, 2.45) is 0 Å². The summed E-state index contributed by atoms with van der Waals surface area (Å²) >= 11 is 0. The summed E-state index contributed by atoms with van der Waals surface area (Å²) < 4.78 is 0. The number of hydrogen-bond acceptors (Lipinski definition) is 3. The SMILES string of the molecule is O=C(O)c1ccc(C(=O)Nc2ccc(C(=O)N3CCCCCC3)cc2)cc1. The van der Waals surface area contributed by atoms with E-state index in [1.165, 1.54) is 37.1 Å². The molecule has 0 unspecified atom stereocenters. The van der Waals surface area contributed by atoms with Gasteiger partial charge < -0.3 is 15.3 Å². The molecule has 1 saturated heterocycles. The fourth-order valence-corrected chi connectivity index (χ4v) is 3.12. The van der Waals surface area contributed by atoms with Gasteiger partial charge in [0.25, 0.3) is 11.8 Å². The molecule has 0 saturated carbocycles. The number of hydrogen-bond donors (Lipinski definition) is 2. The number of aromatic carboxylic acids is 1. The third-order valence-electron chi connectivity index (χ3n) is 4.68. The van der Waals surface area contributed by atoms with E-state index in [1.807, 2.05) is 4.90 Å². The molecule has 140 valence electrons. The van der Waals surface area contributed by atoms with Crippen LogP contribution in [0.25, 0.3) is 0 Å². The van der Waals surface area contributed by atoms with Crippen LogP contribution in [0.3, 0.4) is 0 Å². The fourth-order valence-electron chi connectivity index (χ4n) is 3.12. The van der Waals surface area contributed by atoms with E-state index in [2.05, 4.69) is 5.32 Å². The van der Waals surface area contributed by atoms with Crippen molar-refractivity contribution in [1.29, 1.82) is 0 Å². The molecule has 0 bridgehead atoms. The van der Waals surface area contributed by atoms with E-state index in [0.29, 0.717) is 16.8 Å². The van der Waals surface area contributed by atoms with Crippen molar-refractivity contribution in [3.63, 3.8) is 0 Å². The topological polar surface area (TPSA) is 86.7 Å². The number of nitrogens with one attached hydrogen (secondary N) is 1. The Morgan fingerprint density at radius 2 is 1.26 bits per heavy atom. The van der Waals surface area contributed by atoms with Crippen molar-refractivity contribution in [1.82, 2.24) is 4.90 Å². The number of carbonyl (C=O) groups is 3. The summed E-state index contributed by atoms with van der Waals surface area (Å²) in [7, 11) is 0. The summed E-state index contributed by atoms with van der Waals surface area (Å²) in [6, 6.07) is 12.6. The quantitative estimate of drug-likeness (QED) is 0.865. The van der Waals surface area contributed by atoms with Gasteiger partial charge in [-0.3, -0.25) is 9.59 Å². The zero-order valence-corrected chi connectivity index (χ0v) is 15.0. The summed E-state index contributed by atoms with van der Waals surface area (Å²) in [4.78, 5) is 37.6. The largest absolute Gasteiger partial charge is 0.478 e. The van der Waals surface area contributed by atoms with Gasteiger partial charge in [0.15, 0.2) is 0 Å². The van der Waals surface area contributed by atoms with Crippen LogP contribution in [0.5, 0.6) is 0 Å². The van der Waals surface area contributed by atoms with Crippen LogP contribution in [0.2, 0.25) is 0 Å². The second-order valence-corrected chi connectivity index (χ2v) is 6.62. The van der Waals surface area contributed by atoms with Crippen LogP contribution in [-0.2, 0) is 0 Å². The average molecular weight is 366 g/mol. The maximum Gasteiger partial charge on any atom is 0.335 e. The molecule has 6 nitrogen and oxygen atoms in total. The van der Waals surface area contributed by atoms with Gasteiger partial charge in [-0.25, -0.2) is 4.79 Å². The molecule has 1 fully saturated rings. The number of rotatable bonds is 4. The lowest BCUT2D eigenvalue weighted by Gasteiger charge is -2.20. The van der Waals surface area contributed by atoms with Gasteiger partial charge in [0.05, 0.1) is 5.56 Å². The minimum Gasteiger partial charge on any atom is -0.478 e. The zero-order valence-electron chi connectivity index (χ0n) is 15.0. The Hall–Kier alpha value is -3.15. The van der Waals surface area contributed by atoms with Gasteiger partial charge in [-0.05, 0) is 61.4 Å². The number of carboxylic acids is 1. The van der Waals surface area contributed by atoms with Gasteiger partial charge in [0.1, 0.15) is 0 Å². The highest BCUT2D eigenvalue weighted by Crippen LogP contribution is 2.16. The first-order valence-electron chi connectivity index (χ1n) is 9.08. The zero-order chi connectivity index (χ0) is 19.2. The maximum absolute atomic E-state index is 12.6. The molecule has 1 heterocycles. The molecule has 0 spiro atoms. The smallest absolute Gasteiger partial charge is 0.335 e. The molecular formula is C21H22N2O4. The van der Waals surface area contributed by atoms with Crippen LogP contribution < -0.4 is 5.32 Å². The molecule has 2 aromatic carbocycles. The number of nitrogens with zero attached hydrogens (tertiary/aromatic N) is 1. The normalized spacial score (nSPS) is 14.3. The Morgan fingerprint density at radius 3 is 1.81 bits per heavy atom. The first-order valence-corrected chi connectivity index (χ1v) is 9.08. The molecule has 6 heteroatoms. The van der Waals surface area contributed by atoms with Crippen molar-refractivity contribution in [3.8, 4) is 0 Å². The molecular weight excluding hydrogens is 344 g/mol. The Balaban J connectivity index is 1.63. The second kappa shape index (κ2) is 8.49. The predicted octanol–water partition coefficient (Wildman–Crippen LogP) is 3.65. The molecule has 1 aliphatic rings. The van der Waals surface area contributed by atoms with Gasteiger partial charge in [0, 0.05) is 29.9 Å². The molecule has 1 aliphatic heterocycles. The Labute approximate surface area is 157 Å². The van der Waals surface area contributed by atoms with E-state index < -0.39 is 5.97 Å². The fraction of sp³-hybridized carbons (Fsp3) is 0.286. The maximum atomic E-state index is 12.6. The summed E-state index contributed by atoms with van der Waals surface area (Å²) in [6.07, 6.45) is 4.42. The van der Waals surface area contributed by atoms with Crippen LogP contribution in [-0.4, -0.2) is 40.9 Å². The molecule has 0 aromatic heterocycles. The minimum atomic E-state index is -1.04. The molecule has 2 aromatic rings. The molecule has 2 N–H and O–H groups in total. The third-order valence-corrected chi connectivity index (χ3v) is 4.68. The molecule has 2 amide bonds. The van der Waals surface area contributed by atoms with Crippen LogP contribution in [0.15, 0.2) is 48.5 Å². The van der Waals surface area contributed by atoms with Gasteiger partial charge in [-0.2, -0.15) is 0 Å². The molecule has 27 heavy (non-hydrogen) atoms. The lowest BCUT2D eigenvalue weighted by molar-refractivity contribution is 0.0695. The van der Waals surface area contributed by atoms with Crippen molar-refractivity contribution in [3.05, 3.63) is 65.2 Å². The molecule has 3 rings (SSSR count). The van der Waals surface area contributed by atoms with E-state index in [1.54, 1.807) is 24.3 Å². The number of likely N-dealkylation sites (tertiary alicyclic amines) is 1. The van der Waals surface area contributed by atoms with E-state index >= 15 is 0 Å². The van der Waals surface area contributed by atoms with E-state index in [9.17, 15) is 14.4 Å². The number of carboxylic acid groups (broad SMARTS) is 1. The van der Waals surface area contributed by atoms with Crippen LogP contribution >= 0.6 is 0 Å². The van der Waals surface area contributed by atoms with Crippen LogP contribution in [0.4, 0.5) is 5.69 Å². The first-order chi connectivity index (χ1) is 13.0. The molecule has 0 atom stereocenters. The number of anilines is 1. The Morgan fingerprint density at radius 1 is 0.741 bits per heavy atom. The highest BCUT2D eigenvalue weighted by Gasteiger charge is 2.17. The van der Waals surface area contributed by atoms with Crippen LogP contribution in [0, 0.1) is 0 Å². The van der Waals surface area contributed by atoms with Crippen LogP contribution in [0.1, 0.15) is 56.8 Å². The van der Waals surface area contributed by atoms with E-state index in [4.69, 9.17) is 5.11 Å². The van der Waals surface area contributed by atoms with Gasteiger partial charge in [-0.15, -0.1) is 0 Å². The molecule has 0 radical (unpaired) electrons. The molecule has 0 aliphatic carbocycles. The average Bonchev–Trinajstić information content (AvgIpc) is 2.97. The minimum absolute atomic E-state index is 0.0269. The van der Waals surface area contributed by atoms with Crippen molar-refractivity contribution < 1.29 is 19.5 Å². The second-order valence-electron chi connectivity index (χ2n) is 6.62. The summed E-state index contributed by atoms with van der Waals surface area (Å²) in [5.41, 5.74) is 1.68. The highest BCUT2D eigenvalue weighted by atomic mass is 16.4. The van der Waals surface area contributed by atoms with Gasteiger partial charge >= 0.3 is 5.97 Å². The summed E-state index contributed by atoms with van der Waals surface area (Å²) in [5.74, 6) is -1.34. The Bertz CT molecular complexity index is 820. The lowest BCUT2D eigenvalue weighted by atomic mass is 10.1.